The van der Waals surface area contributed by atoms with Gasteiger partial charge in [0, 0.05) is 19.3 Å². The SMILES string of the molecule is CC/C=C\C/C=C\C/C=C\C/C=C\C/C=C\C/C=C\C/C=C\C/C=C\CCCCCCC(=O)OCC(COC(=O)CCCCCCC)OC(=O)CCCCCCCCCCCC/C=C\C/C=C\C/C=C\C/C=C\CC. The molecule has 0 fully saturated rings. The minimum atomic E-state index is -0.794. The van der Waals surface area contributed by atoms with Gasteiger partial charge in [-0.15, -0.1) is 0 Å². The summed E-state index contributed by atoms with van der Waals surface area (Å²) >= 11 is 0. The Hall–Kier alpha value is -4.71. The highest BCUT2D eigenvalue weighted by Crippen LogP contribution is 2.14. The lowest BCUT2D eigenvalue weighted by atomic mass is 10.0. The zero-order valence-electron chi connectivity index (χ0n) is 48.3. The number of allylic oxidation sites excluding steroid dienone is 24. The molecule has 6 heteroatoms. The van der Waals surface area contributed by atoms with Crippen LogP contribution in [0.2, 0.25) is 0 Å². The molecule has 0 aromatic heterocycles. The third-order valence-electron chi connectivity index (χ3n) is 12.3. The molecule has 0 amide bonds. The lowest BCUT2D eigenvalue weighted by Crippen LogP contribution is -2.30. The number of esters is 3. The van der Waals surface area contributed by atoms with Gasteiger partial charge in [0.25, 0.3) is 0 Å². The predicted molar refractivity (Wildman–Crippen MR) is 325 cm³/mol. The monoisotopic (exact) mass is 1030 g/mol. The largest absolute Gasteiger partial charge is 0.462 e. The summed E-state index contributed by atoms with van der Waals surface area (Å²) in [6.45, 7) is 6.30. The Morgan fingerprint density at radius 3 is 0.813 bits per heavy atom. The summed E-state index contributed by atoms with van der Waals surface area (Å²) in [5.74, 6) is -0.942. The minimum absolute atomic E-state index is 0.0932. The Balaban J connectivity index is 4.18. The van der Waals surface area contributed by atoms with Crippen LogP contribution in [-0.2, 0) is 28.6 Å². The topological polar surface area (TPSA) is 78.9 Å². The van der Waals surface area contributed by atoms with Crippen LogP contribution in [0.1, 0.15) is 252 Å². The zero-order chi connectivity index (χ0) is 54.3. The summed E-state index contributed by atoms with van der Waals surface area (Å²) in [5.41, 5.74) is 0. The Kier molecular flexibility index (Phi) is 58.0. The van der Waals surface area contributed by atoms with Crippen molar-refractivity contribution in [2.75, 3.05) is 13.2 Å². The summed E-state index contributed by atoms with van der Waals surface area (Å²) in [4.78, 5) is 37.9. The summed E-state index contributed by atoms with van der Waals surface area (Å²) in [6, 6.07) is 0. The summed E-state index contributed by atoms with van der Waals surface area (Å²) in [6.07, 6.45) is 88.9. The fourth-order valence-corrected chi connectivity index (χ4v) is 7.86. The maximum Gasteiger partial charge on any atom is 0.306 e. The number of hydrogen-bond donors (Lipinski definition) is 0. The van der Waals surface area contributed by atoms with Crippen LogP contribution in [0.25, 0.3) is 0 Å². The first-order valence-electron chi connectivity index (χ1n) is 30.3. The van der Waals surface area contributed by atoms with Crippen LogP contribution in [0.5, 0.6) is 0 Å². The highest BCUT2D eigenvalue weighted by molar-refractivity contribution is 5.71. The molecule has 1 unspecified atom stereocenters. The standard InChI is InChI=1S/C69H110O6/c1-4-7-10-13-15-17-19-21-23-25-27-29-31-32-33-34-35-36-38-39-41-43-45-47-49-51-53-56-59-62-68(71)74-65-66(64-73-67(70)61-58-55-12-9-6-3)75-69(72)63-60-57-54-52-50-48-46-44-42-40-37-30-28-26-24-22-20-18-16-14-11-8-5-2/h7-8,10-11,15-18,21-24,27-30,32-33,35-36,39,41,45,47,66H,4-6,9,12-14,19-20,25-26,31,34,37-38,40,42-44,46,48-65H2,1-3H3/b10-7-,11-8-,17-15-,18-16-,23-21-,24-22-,29-27-,30-28-,33-32-,36-35-,41-39-,47-45-. The van der Waals surface area contributed by atoms with Gasteiger partial charge in [-0.1, -0.05) is 256 Å². The molecular formula is C69H110O6. The molecular weight excluding hydrogens is 925 g/mol. The molecule has 0 bridgehead atoms. The van der Waals surface area contributed by atoms with E-state index in [-0.39, 0.29) is 31.1 Å². The average molecular weight is 1040 g/mol. The van der Waals surface area contributed by atoms with Crippen LogP contribution >= 0.6 is 0 Å². The molecule has 0 aromatic rings. The Labute approximate surface area is 461 Å². The normalized spacial score (nSPS) is 13.2. The molecule has 0 spiro atoms. The second-order valence-electron chi connectivity index (χ2n) is 19.5. The molecule has 0 radical (unpaired) electrons. The van der Waals surface area contributed by atoms with Crippen LogP contribution in [-0.4, -0.2) is 37.2 Å². The smallest absolute Gasteiger partial charge is 0.306 e. The van der Waals surface area contributed by atoms with Gasteiger partial charge in [-0.2, -0.15) is 0 Å². The van der Waals surface area contributed by atoms with Gasteiger partial charge in [0.05, 0.1) is 0 Å². The van der Waals surface area contributed by atoms with Crippen LogP contribution in [0.3, 0.4) is 0 Å². The number of unbranched alkanes of at least 4 members (excludes halogenated alkanes) is 18. The quantitative estimate of drug-likeness (QED) is 0.0261. The van der Waals surface area contributed by atoms with Crippen LogP contribution in [0.4, 0.5) is 0 Å². The van der Waals surface area contributed by atoms with Crippen molar-refractivity contribution < 1.29 is 28.6 Å². The Morgan fingerprint density at radius 2 is 0.520 bits per heavy atom. The third kappa shape index (κ3) is 60.0. The van der Waals surface area contributed by atoms with Crippen molar-refractivity contribution in [3.63, 3.8) is 0 Å². The first kappa shape index (κ1) is 70.3. The van der Waals surface area contributed by atoms with Gasteiger partial charge < -0.3 is 14.2 Å². The van der Waals surface area contributed by atoms with Gasteiger partial charge >= 0.3 is 17.9 Å². The number of carbonyl (C=O) groups is 3. The molecule has 0 N–H and O–H groups in total. The van der Waals surface area contributed by atoms with Gasteiger partial charge in [0.1, 0.15) is 13.2 Å². The molecule has 0 saturated carbocycles. The van der Waals surface area contributed by atoms with Crippen molar-refractivity contribution in [3.05, 3.63) is 146 Å². The number of carbonyl (C=O) groups excluding carboxylic acids is 3. The maximum atomic E-state index is 12.8. The predicted octanol–water partition coefficient (Wildman–Crippen LogP) is 20.8. The van der Waals surface area contributed by atoms with E-state index < -0.39 is 6.10 Å². The molecule has 0 aliphatic carbocycles. The van der Waals surface area contributed by atoms with E-state index in [0.717, 1.165) is 161 Å². The second kappa shape index (κ2) is 61.8. The molecule has 0 aliphatic heterocycles. The van der Waals surface area contributed by atoms with Crippen LogP contribution in [0.15, 0.2) is 146 Å². The third-order valence-corrected chi connectivity index (χ3v) is 12.3. The molecule has 422 valence electrons. The Morgan fingerprint density at radius 1 is 0.280 bits per heavy atom. The van der Waals surface area contributed by atoms with Crippen molar-refractivity contribution in [1.29, 1.82) is 0 Å². The molecule has 0 aliphatic rings. The fraction of sp³-hybridized carbons (Fsp3) is 0.609. The highest BCUT2D eigenvalue weighted by atomic mass is 16.6. The molecule has 0 saturated heterocycles. The van der Waals surface area contributed by atoms with Crippen molar-refractivity contribution in [3.8, 4) is 0 Å². The van der Waals surface area contributed by atoms with Crippen LogP contribution < -0.4 is 0 Å². The van der Waals surface area contributed by atoms with Crippen molar-refractivity contribution in [2.45, 2.75) is 258 Å². The van der Waals surface area contributed by atoms with Crippen molar-refractivity contribution >= 4 is 17.9 Å². The van der Waals surface area contributed by atoms with E-state index in [9.17, 15) is 14.4 Å². The van der Waals surface area contributed by atoms with Gasteiger partial charge in [0.2, 0.25) is 0 Å². The lowest BCUT2D eigenvalue weighted by Gasteiger charge is -2.18. The van der Waals surface area contributed by atoms with E-state index >= 15 is 0 Å². The maximum absolute atomic E-state index is 12.8. The van der Waals surface area contributed by atoms with E-state index in [4.69, 9.17) is 14.2 Å². The average Bonchev–Trinajstić information content (AvgIpc) is 3.41. The summed E-state index contributed by atoms with van der Waals surface area (Å²) in [5, 5.41) is 0. The first-order chi connectivity index (χ1) is 37.0. The van der Waals surface area contributed by atoms with E-state index in [1.807, 2.05) is 0 Å². The summed E-state index contributed by atoms with van der Waals surface area (Å²) in [7, 11) is 0. The van der Waals surface area contributed by atoms with Crippen LogP contribution in [0, 0.1) is 0 Å². The minimum Gasteiger partial charge on any atom is -0.462 e. The Bertz CT molecular complexity index is 1660. The molecule has 0 aromatic carbocycles. The van der Waals surface area contributed by atoms with E-state index in [1.54, 1.807) is 0 Å². The van der Waals surface area contributed by atoms with Crippen molar-refractivity contribution in [1.82, 2.24) is 0 Å². The van der Waals surface area contributed by atoms with Crippen molar-refractivity contribution in [2.24, 2.45) is 0 Å². The van der Waals surface area contributed by atoms with Gasteiger partial charge in [-0.3, -0.25) is 14.4 Å². The van der Waals surface area contributed by atoms with E-state index in [1.165, 1.54) is 51.4 Å². The fourth-order valence-electron chi connectivity index (χ4n) is 7.86. The molecule has 0 rings (SSSR count). The zero-order valence-corrected chi connectivity index (χ0v) is 48.3. The second-order valence-corrected chi connectivity index (χ2v) is 19.5. The number of ether oxygens (including phenoxy) is 3. The van der Waals surface area contributed by atoms with Gasteiger partial charge in [-0.05, 0) is 122 Å². The van der Waals surface area contributed by atoms with Gasteiger partial charge in [-0.25, -0.2) is 0 Å². The molecule has 1 atom stereocenters. The molecule has 6 nitrogen and oxygen atoms in total. The highest BCUT2D eigenvalue weighted by Gasteiger charge is 2.19. The molecule has 0 heterocycles. The van der Waals surface area contributed by atoms with E-state index in [0.29, 0.717) is 19.3 Å². The number of hydrogen-bond acceptors (Lipinski definition) is 6. The van der Waals surface area contributed by atoms with Gasteiger partial charge in [0.15, 0.2) is 6.10 Å². The van der Waals surface area contributed by atoms with E-state index in [2.05, 4.69) is 167 Å². The first-order valence-corrected chi connectivity index (χ1v) is 30.3. The lowest BCUT2D eigenvalue weighted by molar-refractivity contribution is -0.167. The molecule has 75 heavy (non-hydrogen) atoms. The number of rotatable bonds is 53. The summed E-state index contributed by atoms with van der Waals surface area (Å²) < 4.78 is 16.7.